The van der Waals surface area contributed by atoms with E-state index in [9.17, 15) is 0 Å². The second-order valence-corrected chi connectivity index (χ2v) is 3.35. The van der Waals surface area contributed by atoms with Gasteiger partial charge in [0.1, 0.15) is 6.23 Å². The SMILES string of the molecule is NC(O)Cc1cc(Cl)ccc1Cl. The summed E-state index contributed by atoms with van der Waals surface area (Å²) >= 11 is 11.5. The van der Waals surface area contributed by atoms with Gasteiger partial charge in [0.2, 0.25) is 0 Å². The van der Waals surface area contributed by atoms with E-state index < -0.39 is 6.23 Å². The molecule has 0 radical (unpaired) electrons. The Kier molecular flexibility index (Phi) is 3.35. The van der Waals surface area contributed by atoms with Crippen molar-refractivity contribution >= 4 is 23.2 Å². The summed E-state index contributed by atoms with van der Waals surface area (Å²) in [6.07, 6.45) is -0.569. The first-order valence-corrected chi connectivity index (χ1v) is 4.23. The van der Waals surface area contributed by atoms with Crippen molar-refractivity contribution < 1.29 is 5.11 Å². The lowest BCUT2D eigenvalue weighted by molar-refractivity contribution is 0.183. The highest BCUT2D eigenvalue weighted by Crippen LogP contribution is 2.21. The van der Waals surface area contributed by atoms with Crippen molar-refractivity contribution in [1.29, 1.82) is 0 Å². The highest BCUT2D eigenvalue weighted by atomic mass is 35.5. The molecule has 12 heavy (non-hydrogen) atoms. The summed E-state index contributed by atoms with van der Waals surface area (Å²) < 4.78 is 0. The van der Waals surface area contributed by atoms with Crippen LogP contribution in [0.4, 0.5) is 0 Å². The van der Waals surface area contributed by atoms with Crippen LogP contribution in [-0.2, 0) is 6.42 Å². The van der Waals surface area contributed by atoms with Crippen LogP contribution in [0.25, 0.3) is 0 Å². The first kappa shape index (κ1) is 9.81. The number of aliphatic hydroxyl groups is 1. The first-order chi connectivity index (χ1) is 5.59. The average Bonchev–Trinajstić information content (AvgIpc) is 1.96. The Balaban J connectivity index is 2.90. The number of hydrogen-bond acceptors (Lipinski definition) is 2. The summed E-state index contributed by atoms with van der Waals surface area (Å²) in [6, 6.07) is 5.07. The monoisotopic (exact) mass is 205 g/mol. The van der Waals surface area contributed by atoms with Gasteiger partial charge in [-0.15, -0.1) is 0 Å². The molecule has 0 spiro atoms. The predicted octanol–water partition coefficient (Wildman–Crippen LogP) is 1.81. The number of rotatable bonds is 2. The Morgan fingerprint density at radius 3 is 2.67 bits per heavy atom. The van der Waals surface area contributed by atoms with Crippen LogP contribution in [0.2, 0.25) is 10.0 Å². The predicted molar refractivity (Wildman–Crippen MR) is 50.4 cm³/mol. The van der Waals surface area contributed by atoms with Crippen LogP contribution in [0.3, 0.4) is 0 Å². The zero-order chi connectivity index (χ0) is 9.14. The number of hydrogen-bond donors (Lipinski definition) is 2. The highest BCUT2D eigenvalue weighted by molar-refractivity contribution is 6.33. The van der Waals surface area contributed by atoms with Crippen molar-refractivity contribution in [3.8, 4) is 0 Å². The van der Waals surface area contributed by atoms with Crippen LogP contribution in [0.5, 0.6) is 0 Å². The molecular weight excluding hydrogens is 197 g/mol. The summed E-state index contributed by atoms with van der Waals surface area (Å²) in [7, 11) is 0. The summed E-state index contributed by atoms with van der Waals surface area (Å²) in [5, 5.41) is 10.1. The fourth-order valence-electron chi connectivity index (χ4n) is 0.925. The maximum Gasteiger partial charge on any atom is 0.106 e. The Hall–Kier alpha value is -0.280. The normalized spacial score (nSPS) is 13.0. The first-order valence-electron chi connectivity index (χ1n) is 3.47. The lowest BCUT2D eigenvalue weighted by Gasteiger charge is -2.06. The molecule has 2 nitrogen and oxygen atoms in total. The molecule has 3 N–H and O–H groups in total. The number of benzene rings is 1. The zero-order valence-electron chi connectivity index (χ0n) is 6.30. The van der Waals surface area contributed by atoms with Crippen molar-refractivity contribution in [2.45, 2.75) is 12.6 Å². The minimum absolute atomic E-state index is 0.319. The molecule has 4 heteroatoms. The topological polar surface area (TPSA) is 46.2 Å². The maximum absolute atomic E-state index is 8.90. The second-order valence-electron chi connectivity index (χ2n) is 2.51. The molecule has 1 unspecified atom stereocenters. The molecule has 0 heterocycles. The molecule has 0 bridgehead atoms. The summed E-state index contributed by atoms with van der Waals surface area (Å²) in [5.74, 6) is 0. The summed E-state index contributed by atoms with van der Waals surface area (Å²) in [4.78, 5) is 0. The minimum atomic E-state index is -0.888. The standard InChI is InChI=1S/C8H9Cl2NO/c9-6-1-2-7(10)5(3-6)4-8(11)12/h1-3,8,12H,4,11H2. The smallest absolute Gasteiger partial charge is 0.106 e. The lowest BCUT2D eigenvalue weighted by Crippen LogP contribution is -2.21. The fourth-order valence-corrected chi connectivity index (χ4v) is 1.31. The molecule has 0 aromatic heterocycles. The quantitative estimate of drug-likeness (QED) is 0.725. The molecule has 0 fully saturated rings. The maximum atomic E-state index is 8.90. The van der Waals surface area contributed by atoms with Crippen molar-refractivity contribution in [3.05, 3.63) is 33.8 Å². The molecule has 1 aromatic carbocycles. The largest absolute Gasteiger partial charge is 0.378 e. The van der Waals surface area contributed by atoms with Crippen LogP contribution < -0.4 is 5.73 Å². The Labute approximate surface area is 80.9 Å². The Morgan fingerprint density at radius 1 is 1.42 bits per heavy atom. The van der Waals surface area contributed by atoms with Crippen molar-refractivity contribution in [3.63, 3.8) is 0 Å². The van der Waals surface area contributed by atoms with Gasteiger partial charge in [0, 0.05) is 16.5 Å². The molecule has 0 saturated heterocycles. The van der Waals surface area contributed by atoms with Gasteiger partial charge in [-0.1, -0.05) is 23.2 Å². The number of aliphatic hydroxyl groups excluding tert-OH is 1. The van der Waals surface area contributed by atoms with Crippen LogP contribution in [0, 0.1) is 0 Å². The number of nitrogens with two attached hydrogens (primary N) is 1. The van der Waals surface area contributed by atoms with Crippen LogP contribution >= 0.6 is 23.2 Å². The average molecular weight is 206 g/mol. The van der Waals surface area contributed by atoms with Crippen molar-refractivity contribution in [2.75, 3.05) is 0 Å². The molecular formula is C8H9Cl2NO. The molecule has 0 aliphatic carbocycles. The second kappa shape index (κ2) is 4.10. The van der Waals surface area contributed by atoms with Gasteiger partial charge >= 0.3 is 0 Å². The van der Waals surface area contributed by atoms with E-state index in [1.54, 1.807) is 18.2 Å². The van der Waals surface area contributed by atoms with E-state index in [1.165, 1.54) is 0 Å². The van der Waals surface area contributed by atoms with Gasteiger partial charge in [0.05, 0.1) is 0 Å². The molecule has 66 valence electrons. The molecule has 1 atom stereocenters. The minimum Gasteiger partial charge on any atom is -0.378 e. The van der Waals surface area contributed by atoms with E-state index in [0.29, 0.717) is 16.5 Å². The number of halogens is 2. The molecule has 1 rings (SSSR count). The zero-order valence-corrected chi connectivity index (χ0v) is 7.81. The van der Waals surface area contributed by atoms with E-state index in [2.05, 4.69) is 0 Å². The highest BCUT2D eigenvalue weighted by Gasteiger charge is 2.04. The third-order valence-corrected chi connectivity index (χ3v) is 2.04. The van der Waals surface area contributed by atoms with Gasteiger partial charge in [-0.25, -0.2) is 0 Å². The fraction of sp³-hybridized carbons (Fsp3) is 0.250. The van der Waals surface area contributed by atoms with E-state index >= 15 is 0 Å². The van der Waals surface area contributed by atoms with E-state index in [0.717, 1.165) is 5.56 Å². The molecule has 0 amide bonds. The van der Waals surface area contributed by atoms with Crippen LogP contribution in [0.15, 0.2) is 18.2 Å². The van der Waals surface area contributed by atoms with Crippen LogP contribution in [-0.4, -0.2) is 11.3 Å². The molecule has 0 aliphatic rings. The van der Waals surface area contributed by atoms with Gasteiger partial charge in [0.15, 0.2) is 0 Å². The Bertz CT molecular complexity index is 276. The van der Waals surface area contributed by atoms with Crippen molar-refractivity contribution in [2.24, 2.45) is 5.73 Å². The third kappa shape index (κ3) is 2.64. The Morgan fingerprint density at radius 2 is 2.08 bits per heavy atom. The van der Waals surface area contributed by atoms with Gasteiger partial charge in [0.25, 0.3) is 0 Å². The van der Waals surface area contributed by atoms with E-state index in [4.69, 9.17) is 34.0 Å². The van der Waals surface area contributed by atoms with E-state index in [1.807, 2.05) is 0 Å². The lowest BCUT2D eigenvalue weighted by atomic mass is 10.1. The van der Waals surface area contributed by atoms with Gasteiger partial charge in [-0.2, -0.15) is 0 Å². The molecule has 1 aromatic rings. The molecule has 0 aliphatic heterocycles. The summed E-state index contributed by atoms with van der Waals surface area (Å²) in [5.41, 5.74) is 5.96. The third-order valence-electron chi connectivity index (χ3n) is 1.44. The van der Waals surface area contributed by atoms with Gasteiger partial charge in [-0.3, -0.25) is 0 Å². The van der Waals surface area contributed by atoms with E-state index in [-0.39, 0.29) is 0 Å². The summed E-state index contributed by atoms with van der Waals surface area (Å²) in [6.45, 7) is 0. The van der Waals surface area contributed by atoms with Crippen LogP contribution in [0.1, 0.15) is 5.56 Å². The molecule has 0 saturated carbocycles. The van der Waals surface area contributed by atoms with Gasteiger partial charge < -0.3 is 10.8 Å². The van der Waals surface area contributed by atoms with Crippen molar-refractivity contribution in [1.82, 2.24) is 0 Å². The van der Waals surface area contributed by atoms with Gasteiger partial charge in [-0.05, 0) is 23.8 Å².